The number of amides is 2. The van der Waals surface area contributed by atoms with Crippen LogP contribution in [-0.4, -0.2) is 11.8 Å². The predicted molar refractivity (Wildman–Crippen MR) is 122 cm³/mol. The van der Waals surface area contributed by atoms with Gasteiger partial charge in [-0.2, -0.15) is 0 Å². The molecule has 1 heterocycles. The number of anilines is 1. The highest BCUT2D eigenvalue weighted by atomic mass is 16.2. The highest BCUT2D eigenvalue weighted by Gasteiger charge is 2.31. The van der Waals surface area contributed by atoms with Crippen molar-refractivity contribution < 1.29 is 9.59 Å². The van der Waals surface area contributed by atoms with Crippen LogP contribution in [0.15, 0.2) is 61.7 Å². The van der Waals surface area contributed by atoms with E-state index in [4.69, 9.17) is 0 Å². The van der Waals surface area contributed by atoms with Gasteiger partial charge in [-0.3, -0.25) is 9.59 Å². The maximum Gasteiger partial charge on any atom is 0.265 e. The van der Waals surface area contributed by atoms with E-state index in [1.807, 2.05) is 53.7 Å². The van der Waals surface area contributed by atoms with Crippen molar-refractivity contribution in [3.05, 3.63) is 78.4 Å². The molecule has 0 unspecified atom stereocenters. The first-order valence-corrected chi connectivity index (χ1v) is 9.99. The number of para-hydroxylation sites is 1. The molecule has 1 aliphatic heterocycles. The van der Waals surface area contributed by atoms with Gasteiger partial charge >= 0.3 is 0 Å². The van der Waals surface area contributed by atoms with Gasteiger partial charge in [-0.25, -0.2) is 4.90 Å². The summed E-state index contributed by atoms with van der Waals surface area (Å²) in [7, 11) is 0. The van der Waals surface area contributed by atoms with E-state index < -0.39 is 0 Å². The summed E-state index contributed by atoms with van der Waals surface area (Å²) in [5.41, 5.74) is 3.23. The minimum Gasteiger partial charge on any atom is -0.274 e. The van der Waals surface area contributed by atoms with Crippen LogP contribution in [-0.2, 0) is 4.79 Å². The predicted octanol–water partition coefficient (Wildman–Crippen LogP) is 7.00. The number of carbonyl (C=O) groups is 2. The Bertz CT molecular complexity index is 791. The number of hydrogen-bond acceptors (Lipinski definition) is 2. The molecule has 0 spiro atoms. The molecule has 0 N–H and O–H groups in total. The number of rotatable bonds is 2. The van der Waals surface area contributed by atoms with E-state index in [9.17, 15) is 9.59 Å². The zero-order valence-corrected chi connectivity index (χ0v) is 18.1. The molecule has 2 aromatic rings. The van der Waals surface area contributed by atoms with E-state index in [1.165, 1.54) is 4.90 Å². The van der Waals surface area contributed by atoms with E-state index in [0.29, 0.717) is 22.4 Å². The first-order chi connectivity index (χ1) is 13.6. The summed E-state index contributed by atoms with van der Waals surface area (Å²) in [5.74, 6) is -0.596. The second-order valence-corrected chi connectivity index (χ2v) is 5.12. The summed E-state index contributed by atoms with van der Waals surface area (Å²) >= 11 is 0. The van der Waals surface area contributed by atoms with E-state index in [2.05, 4.69) is 13.2 Å². The number of nitrogens with zero attached hydrogens (tertiary/aromatic N) is 1. The van der Waals surface area contributed by atoms with Crippen LogP contribution in [0.5, 0.6) is 0 Å². The summed E-state index contributed by atoms with van der Waals surface area (Å²) in [4.78, 5) is 26.6. The number of carbonyl (C=O) groups excluding carboxylic acids is 2. The molecule has 2 amide bonds. The number of benzene rings is 2. The molecular formula is C25H33NO2. The Morgan fingerprint density at radius 2 is 1.43 bits per heavy atom. The van der Waals surface area contributed by atoms with Gasteiger partial charge in [0.2, 0.25) is 5.91 Å². The van der Waals surface area contributed by atoms with Crippen molar-refractivity contribution in [2.24, 2.45) is 0 Å². The molecule has 0 saturated carbocycles. The second kappa shape index (κ2) is 13.3. The van der Waals surface area contributed by atoms with Gasteiger partial charge in [0, 0.05) is 5.56 Å². The number of fused-ring (bicyclic) bond motifs is 1. The lowest BCUT2D eigenvalue weighted by Gasteiger charge is -2.19. The Hall–Kier alpha value is -2.94. The fraction of sp³-hybridized carbons (Fsp3) is 0.280. The average Bonchev–Trinajstić information content (AvgIpc) is 2.87. The summed E-state index contributed by atoms with van der Waals surface area (Å²) in [6.07, 6.45) is 1.79. The monoisotopic (exact) mass is 379 g/mol. The van der Waals surface area contributed by atoms with Crippen LogP contribution < -0.4 is 4.90 Å². The Balaban J connectivity index is 0.00000111. The van der Waals surface area contributed by atoms with Crippen molar-refractivity contribution in [1.82, 2.24) is 0 Å². The van der Waals surface area contributed by atoms with E-state index in [1.54, 1.807) is 42.5 Å². The minimum absolute atomic E-state index is 0.110. The Labute approximate surface area is 170 Å². The maximum atomic E-state index is 12.9. The normalized spacial score (nSPS) is 12.1. The van der Waals surface area contributed by atoms with Gasteiger partial charge in [0.05, 0.1) is 12.1 Å². The summed E-state index contributed by atoms with van der Waals surface area (Å²) in [5, 5.41) is 0. The molecule has 0 radical (unpaired) electrons. The average molecular weight is 380 g/mol. The molecule has 0 fully saturated rings. The first-order valence-electron chi connectivity index (χ1n) is 9.99. The van der Waals surface area contributed by atoms with Gasteiger partial charge in [-0.15, -0.1) is 0 Å². The zero-order valence-electron chi connectivity index (χ0n) is 18.1. The van der Waals surface area contributed by atoms with Crippen LogP contribution >= 0.6 is 0 Å². The standard InChI is InChI=1S/C19H15NO2.3C2H6/c1-3-14-8-7-11-16-18(14)13(2)12-17(21)20(19(16)22)15-9-5-4-6-10-15;3*1-2/h3-11H,1-2,12H2;3*1-2H3. The zero-order chi connectivity index (χ0) is 21.7. The molecule has 2 aromatic carbocycles. The fourth-order valence-electron chi connectivity index (χ4n) is 2.74. The molecule has 0 aromatic heterocycles. The minimum atomic E-state index is -0.325. The van der Waals surface area contributed by atoms with Crippen LogP contribution in [0.25, 0.3) is 11.6 Å². The third-order valence-electron chi connectivity index (χ3n) is 3.73. The van der Waals surface area contributed by atoms with Crippen molar-refractivity contribution >= 4 is 29.2 Å². The van der Waals surface area contributed by atoms with Gasteiger partial charge < -0.3 is 0 Å². The van der Waals surface area contributed by atoms with Gasteiger partial charge in [-0.05, 0) is 34.9 Å². The fourth-order valence-corrected chi connectivity index (χ4v) is 2.74. The highest BCUT2D eigenvalue weighted by Crippen LogP contribution is 2.32. The van der Waals surface area contributed by atoms with Crippen molar-refractivity contribution in [2.75, 3.05) is 4.90 Å². The number of hydrogen-bond donors (Lipinski definition) is 0. The van der Waals surface area contributed by atoms with Crippen molar-refractivity contribution in [1.29, 1.82) is 0 Å². The second-order valence-electron chi connectivity index (χ2n) is 5.12. The van der Waals surface area contributed by atoms with E-state index in [0.717, 1.165) is 5.56 Å². The molecule has 3 rings (SSSR count). The van der Waals surface area contributed by atoms with Crippen molar-refractivity contribution in [2.45, 2.75) is 48.0 Å². The Morgan fingerprint density at radius 1 is 0.857 bits per heavy atom. The summed E-state index contributed by atoms with van der Waals surface area (Å²) < 4.78 is 0. The SMILES string of the molecule is C=Cc1cccc2c1C(=C)CC(=O)N(c1ccccc1)C2=O.CC.CC.CC. The van der Waals surface area contributed by atoms with E-state index in [-0.39, 0.29) is 18.2 Å². The third kappa shape index (κ3) is 5.53. The summed E-state index contributed by atoms with van der Waals surface area (Å²) in [6, 6.07) is 14.3. The molecule has 28 heavy (non-hydrogen) atoms. The lowest BCUT2D eigenvalue weighted by atomic mass is 9.94. The molecule has 3 heteroatoms. The lowest BCUT2D eigenvalue weighted by molar-refractivity contribution is -0.116. The Kier molecular flexibility index (Phi) is 11.9. The van der Waals surface area contributed by atoms with Gasteiger partial charge in [0.1, 0.15) is 0 Å². The van der Waals surface area contributed by atoms with Crippen molar-refractivity contribution in [3.63, 3.8) is 0 Å². The molecule has 0 saturated heterocycles. The van der Waals surface area contributed by atoms with Crippen LogP contribution in [0.4, 0.5) is 5.69 Å². The third-order valence-corrected chi connectivity index (χ3v) is 3.73. The lowest BCUT2D eigenvalue weighted by Crippen LogP contribution is -2.35. The van der Waals surface area contributed by atoms with Crippen LogP contribution in [0.2, 0.25) is 0 Å². The molecule has 150 valence electrons. The largest absolute Gasteiger partial charge is 0.274 e. The van der Waals surface area contributed by atoms with E-state index >= 15 is 0 Å². The van der Waals surface area contributed by atoms with Crippen LogP contribution in [0.1, 0.15) is 69.4 Å². The topological polar surface area (TPSA) is 37.4 Å². The molecule has 0 atom stereocenters. The van der Waals surface area contributed by atoms with Crippen LogP contribution in [0, 0.1) is 0 Å². The number of imide groups is 1. The molecular weight excluding hydrogens is 346 g/mol. The molecule has 3 nitrogen and oxygen atoms in total. The molecule has 0 bridgehead atoms. The molecule has 1 aliphatic rings. The van der Waals surface area contributed by atoms with Gasteiger partial charge in [-0.1, -0.05) is 91.1 Å². The van der Waals surface area contributed by atoms with Gasteiger partial charge in [0.25, 0.3) is 5.91 Å². The smallest absolute Gasteiger partial charge is 0.265 e. The quantitative estimate of drug-likeness (QED) is 0.527. The Morgan fingerprint density at radius 3 is 1.96 bits per heavy atom. The maximum absolute atomic E-state index is 12.9. The highest BCUT2D eigenvalue weighted by molar-refractivity contribution is 6.26. The summed E-state index contributed by atoms with van der Waals surface area (Å²) in [6.45, 7) is 19.8. The van der Waals surface area contributed by atoms with Crippen molar-refractivity contribution in [3.8, 4) is 0 Å². The molecule has 0 aliphatic carbocycles. The first kappa shape index (κ1) is 25.1. The van der Waals surface area contributed by atoms with Gasteiger partial charge in [0.15, 0.2) is 0 Å². The van der Waals surface area contributed by atoms with Crippen LogP contribution in [0.3, 0.4) is 0 Å².